The summed E-state index contributed by atoms with van der Waals surface area (Å²) in [7, 11) is 0. The maximum absolute atomic E-state index is 13.3. The van der Waals surface area contributed by atoms with Crippen molar-refractivity contribution in [3.8, 4) is 0 Å². The molecule has 154 valence electrons. The first-order valence-corrected chi connectivity index (χ1v) is 10.2. The minimum atomic E-state index is -0.740. The van der Waals surface area contributed by atoms with E-state index in [9.17, 15) is 9.59 Å². The Bertz CT molecular complexity index is 963. The number of halogens is 1. The lowest BCUT2D eigenvalue weighted by molar-refractivity contribution is -0.141. The van der Waals surface area contributed by atoms with Crippen LogP contribution in [-0.2, 0) is 22.7 Å². The Balaban J connectivity index is 1.89. The zero-order valence-electron chi connectivity index (χ0n) is 16.8. The smallest absolute Gasteiger partial charge is 0.247 e. The summed E-state index contributed by atoms with van der Waals surface area (Å²) in [6.45, 7) is 2.47. The summed E-state index contributed by atoms with van der Waals surface area (Å²) in [6.07, 6.45) is 3.67. The van der Waals surface area contributed by atoms with E-state index in [-0.39, 0.29) is 11.8 Å². The molecule has 3 aromatic rings. The average molecular weight is 422 g/mol. The molecule has 0 spiro atoms. The third kappa shape index (κ3) is 5.67. The molecule has 3 rings (SSSR count). The van der Waals surface area contributed by atoms with Crippen molar-refractivity contribution in [2.75, 3.05) is 0 Å². The van der Waals surface area contributed by atoms with Crippen molar-refractivity contribution in [3.05, 3.63) is 101 Å². The van der Waals surface area contributed by atoms with E-state index in [4.69, 9.17) is 11.6 Å². The summed E-state index contributed by atoms with van der Waals surface area (Å²) in [5.41, 5.74) is 2.61. The Morgan fingerprint density at radius 2 is 1.63 bits per heavy atom. The Hall–Kier alpha value is -3.18. The predicted molar refractivity (Wildman–Crippen MR) is 118 cm³/mol. The molecule has 0 aliphatic heterocycles. The zero-order chi connectivity index (χ0) is 21.3. The molecule has 2 aromatic carbocycles. The molecule has 0 radical (unpaired) electrons. The maximum Gasteiger partial charge on any atom is 0.247 e. The number of carbonyl (C=O) groups is 2. The van der Waals surface area contributed by atoms with Gasteiger partial charge in [0.15, 0.2) is 0 Å². The van der Waals surface area contributed by atoms with E-state index in [1.807, 2.05) is 54.6 Å². The van der Waals surface area contributed by atoms with Gasteiger partial charge >= 0.3 is 0 Å². The molecule has 0 unspecified atom stereocenters. The molecule has 1 heterocycles. The second-order valence-corrected chi connectivity index (χ2v) is 7.32. The fourth-order valence-corrected chi connectivity index (χ4v) is 3.33. The number of amides is 2. The lowest BCUT2D eigenvalue weighted by atomic mass is 10.0. The van der Waals surface area contributed by atoms with Crippen LogP contribution < -0.4 is 5.32 Å². The van der Waals surface area contributed by atoms with Gasteiger partial charge in [0.1, 0.15) is 6.04 Å². The number of hydrogen-bond acceptors (Lipinski definition) is 3. The standard InChI is InChI=1S/C24H24ClN3O2/c1-2-22(29)28(17-19-8-10-21(25)11-9-19)23(20-6-4-3-5-7-20)24(30)27-16-18-12-14-26-15-13-18/h3-15,23H,2,16-17H2,1H3,(H,27,30)/t23-/m0/s1. The third-order valence-corrected chi connectivity index (χ3v) is 5.03. The number of nitrogens with zero attached hydrogens (tertiary/aromatic N) is 2. The van der Waals surface area contributed by atoms with Crippen LogP contribution in [0.15, 0.2) is 79.1 Å². The van der Waals surface area contributed by atoms with Crippen molar-refractivity contribution in [3.63, 3.8) is 0 Å². The molecule has 0 aliphatic carbocycles. The fourth-order valence-electron chi connectivity index (χ4n) is 3.21. The summed E-state index contributed by atoms with van der Waals surface area (Å²) in [5, 5.41) is 3.60. The SMILES string of the molecule is CCC(=O)N(Cc1ccc(Cl)cc1)[C@H](C(=O)NCc1ccncc1)c1ccccc1. The molecular formula is C24H24ClN3O2. The van der Waals surface area contributed by atoms with Crippen LogP contribution in [0, 0.1) is 0 Å². The molecule has 0 saturated carbocycles. The van der Waals surface area contributed by atoms with Gasteiger partial charge in [0.05, 0.1) is 0 Å². The molecule has 0 fully saturated rings. The van der Waals surface area contributed by atoms with Gasteiger partial charge in [0.25, 0.3) is 0 Å². The molecule has 1 aromatic heterocycles. The first kappa shape index (κ1) is 21.5. The molecule has 1 N–H and O–H groups in total. The summed E-state index contributed by atoms with van der Waals surface area (Å²) in [4.78, 5) is 31.8. The van der Waals surface area contributed by atoms with Gasteiger partial charge in [-0.3, -0.25) is 14.6 Å². The van der Waals surface area contributed by atoms with Gasteiger partial charge in [-0.1, -0.05) is 61.0 Å². The molecule has 0 bridgehead atoms. The Labute approximate surface area is 181 Å². The first-order valence-electron chi connectivity index (χ1n) is 9.84. The summed E-state index contributed by atoms with van der Waals surface area (Å²) in [5.74, 6) is -0.327. The van der Waals surface area contributed by atoms with Crippen molar-refractivity contribution in [2.45, 2.75) is 32.5 Å². The van der Waals surface area contributed by atoms with Gasteiger partial charge in [-0.25, -0.2) is 0 Å². The van der Waals surface area contributed by atoms with E-state index in [1.165, 1.54) is 0 Å². The average Bonchev–Trinajstić information content (AvgIpc) is 2.79. The maximum atomic E-state index is 13.3. The molecule has 1 atom stereocenters. The topological polar surface area (TPSA) is 62.3 Å². The van der Waals surface area contributed by atoms with E-state index in [1.54, 1.807) is 36.4 Å². The van der Waals surface area contributed by atoms with E-state index >= 15 is 0 Å². The van der Waals surface area contributed by atoms with Gasteiger partial charge < -0.3 is 10.2 Å². The predicted octanol–water partition coefficient (Wildman–Crippen LogP) is 4.53. The number of aromatic nitrogens is 1. The zero-order valence-corrected chi connectivity index (χ0v) is 17.5. The van der Waals surface area contributed by atoms with Crippen LogP contribution in [0.4, 0.5) is 0 Å². The highest BCUT2D eigenvalue weighted by molar-refractivity contribution is 6.30. The van der Waals surface area contributed by atoms with Gasteiger partial charge in [0, 0.05) is 36.9 Å². The van der Waals surface area contributed by atoms with E-state index in [0.29, 0.717) is 24.5 Å². The van der Waals surface area contributed by atoms with Gasteiger partial charge in [0.2, 0.25) is 11.8 Å². The quantitative estimate of drug-likeness (QED) is 0.581. The number of rotatable bonds is 8. The summed E-state index contributed by atoms with van der Waals surface area (Å²) < 4.78 is 0. The van der Waals surface area contributed by atoms with Crippen LogP contribution in [0.5, 0.6) is 0 Å². The molecule has 2 amide bonds. The first-order chi connectivity index (χ1) is 14.6. The molecule has 5 nitrogen and oxygen atoms in total. The van der Waals surface area contributed by atoms with Crippen molar-refractivity contribution in [1.29, 1.82) is 0 Å². The van der Waals surface area contributed by atoms with E-state index in [0.717, 1.165) is 16.7 Å². The summed E-state index contributed by atoms with van der Waals surface area (Å²) >= 11 is 6.00. The van der Waals surface area contributed by atoms with Crippen molar-refractivity contribution in [2.24, 2.45) is 0 Å². The highest BCUT2D eigenvalue weighted by atomic mass is 35.5. The van der Waals surface area contributed by atoms with Crippen LogP contribution in [0.3, 0.4) is 0 Å². The minimum absolute atomic E-state index is 0.0992. The third-order valence-electron chi connectivity index (χ3n) is 4.78. The molecular weight excluding hydrogens is 398 g/mol. The minimum Gasteiger partial charge on any atom is -0.350 e. The number of carbonyl (C=O) groups excluding carboxylic acids is 2. The van der Waals surface area contributed by atoms with Gasteiger partial charge in [-0.15, -0.1) is 0 Å². The Kier molecular flexibility index (Phi) is 7.57. The van der Waals surface area contributed by atoms with Crippen LogP contribution in [0.2, 0.25) is 5.02 Å². The molecule has 6 heteroatoms. The fraction of sp³-hybridized carbons (Fsp3) is 0.208. The Morgan fingerprint density at radius 1 is 0.967 bits per heavy atom. The number of hydrogen-bond donors (Lipinski definition) is 1. The van der Waals surface area contributed by atoms with Crippen molar-refractivity contribution >= 4 is 23.4 Å². The largest absolute Gasteiger partial charge is 0.350 e. The lowest BCUT2D eigenvalue weighted by Gasteiger charge is -2.31. The highest BCUT2D eigenvalue weighted by Crippen LogP contribution is 2.25. The molecule has 0 saturated heterocycles. The van der Waals surface area contributed by atoms with Crippen molar-refractivity contribution < 1.29 is 9.59 Å². The normalized spacial score (nSPS) is 11.5. The number of nitrogens with one attached hydrogen (secondary N) is 1. The van der Waals surface area contributed by atoms with E-state index < -0.39 is 6.04 Å². The number of benzene rings is 2. The van der Waals surface area contributed by atoms with Crippen LogP contribution in [-0.4, -0.2) is 21.7 Å². The lowest BCUT2D eigenvalue weighted by Crippen LogP contribution is -2.43. The Morgan fingerprint density at radius 3 is 2.27 bits per heavy atom. The van der Waals surface area contributed by atoms with Crippen LogP contribution >= 0.6 is 11.6 Å². The summed E-state index contributed by atoms with van der Waals surface area (Å²) in [6, 6.07) is 19.6. The second-order valence-electron chi connectivity index (χ2n) is 6.89. The number of pyridine rings is 1. The van der Waals surface area contributed by atoms with Gasteiger partial charge in [-0.05, 0) is 41.0 Å². The monoisotopic (exact) mass is 421 g/mol. The molecule has 30 heavy (non-hydrogen) atoms. The van der Waals surface area contributed by atoms with Crippen LogP contribution in [0.1, 0.15) is 36.1 Å². The van der Waals surface area contributed by atoms with Crippen LogP contribution in [0.25, 0.3) is 0 Å². The second kappa shape index (κ2) is 10.6. The highest BCUT2D eigenvalue weighted by Gasteiger charge is 2.30. The molecule has 0 aliphatic rings. The van der Waals surface area contributed by atoms with Crippen molar-refractivity contribution in [1.82, 2.24) is 15.2 Å². The van der Waals surface area contributed by atoms with Gasteiger partial charge in [-0.2, -0.15) is 0 Å². The van der Waals surface area contributed by atoms with E-state index in [2.05, 4.69) is 10.3 Å².